The maximum Gasteiger partial charge on any atom is 0.257 e. The van der Waals surface area contributed by atoms with Crippen molar-refractivity contribution in [3.05, 3.63) is 11.8 Å². The molecule has 120 valence electrons. The molecule has 0 spiro atoms. The SMILES string of the molecule is CNCc1cn[nH]c1S(=O)(=O)NCC(C)CN1CCCC1. The first kappa shape index (κ1) is 16.4. The van der Waals surface area contributed by atoms with E-state index in [4.69, 9.17) is 0 Å². The van der Waals surface area contributed by atoms with Crippen molar-refractivity contribution >= 4 is 10.0 Å². The number of nitrogens with one attached hydrogen (secondary N) is 3. The molecule has 0 amide bonds. The zero-order chi connectivity index (χ0) is 15.3. The second kappa shape index (κ2) is 7.35. The second-order valence-electron chi connectivity index (χ2n) is 5.72. The highest BCUT2D eigenvalue weighted by Gasteiger charge is 2.22. The number of hydrogen-bond acceptors (Lipinski definition) is 5. The molecule has 0 aliphatic carbocycles. The summed E-state index contributed by atoms with van der Waals surface area (Å²) >= 11 is 0. The first-order chi connectivity index (χ1) is 10.0. The van der Waals surface area contributed by atoms with Crippen molar-refractivity contribution in [2.24, 2.45) is 5.92 Å². The predicted molar refractivity (Wildman–Crippen MR) is 81.4 cm³/mol. The highest BCUT2D eigenvalue weighted by molar-refractivity contribution is 7.89. The van der Waals surface area contributed by atoms with Crippen LogP contribution in [0.5, 0.6) is 0 Å². The van der Waals surface area contributed by atoms with Crippen molar-refractivity contribution in [1.29, 1.82) is 0 Å². The zero-order valence-electron chi connectivity index (χ0n) is 12.7. The maximum atomic E-state index is 12.3. The summed E-state index contributed by atoms with van der Waals surface area (Å²) in [6.45, 7) is 6.18. The summed E-state index contributed by atoms with van der Waals surface area (Å²) in [7, 11) is -1.75. The van der Waals surface area contributed by atoms with Gasteiger partial charge in [-0.3, -0.25) is 5.10 Å². The van der Waals surface area contributed by atoms with Gasteiger partial charge in [-0.2, -0.15) is 5.10 Å². The smallest absolute Gasteiger partial charge is 0.257 e. The minimum atomic E-state index is -3.53. The van der Waals surface area contributed by atoms with Gasteiger partial charge in [-0.25, -0.2) is 13.1 Å². The van der Waals surface area contributed by atoms with Gasteiger partial charge in [0.05, 0.1) is 6.20 Å². The predicted octanol–water partition coefficient (Wildman–Crippen LogP) is 0.139. The topological polar surface area (TPSA) is 90.1 Å². The van der Waals surface area contributed by atoms with E-state index in [0.29, 0.717) is 18.7 Å². The number of H-pyrrole nitrogens is 1. The molecule has 1 aromatic rings. The Labute approximate surface area is 126 Å². The van der Waals surface area contributed by atoms with E-state index < -0.39 is 10.0 Å². The largest absolute Gasteiger partial charge is 0.316 e. The average Bonchev–Trinajstić information content (AvgIpc) is 3.08. The van der Waals surface area contributed by atoms with Gasteiger partial charge in [-0.15, -0.1) is 0 Å². The first-order valence-electron chi connectivity index (χ1n) is 7.42. The third-order valence-corrected chi connectivity index (χ3v) is 5.14. The molecule has 0 saturated carbocycles. The Morgan fingerprint density at radius 2 is 2.14 bits per heavy atom. The molecule has 0 bridgehead atoms. The number of nitrogens with zero attached hydrogens (tertiary/aromatic N) is 2. The summed E-state index contributed by atoms with van der Waals surface area (Å²) in [5.41, 5.74) is 0.650. The number of hydrogen-bond donors (Lipinski definition) is 3. The molecule has 3 N–H and O–H groups in total. The van der Waals surface area contributed by atoms with Gasteiger partial charge in [-0.1, -0.05) is 6.92 Å². The van der Waals surface area contributed by atoms with Crippen LogP contribution in [-0.4, -0.2) is 56.7 Å². The van der Waals surface area contributed by atoms with Crippen LogP contribution >= 0.6 is 0 Å². The Hall–Kier alpha value is -0.960. The standard InChI is InChI=1S/C13H25N5O2S/c1-11(10-18-5-3-4-6-18)7-16-21(19,20)13-12(8-14-2)9-15-17-13/h9,11,14,16H,3-8,10H2,1-2H3,(H,15,17). The van der Waals surface area contributed by atoms with Crippen LogP contribution in [0.25, 0.3) is 0 Å². The molecule has 0 aromatic carbocycles. The summed E-state index contributed by atoms with van der Waals surface area (Å²) in [5, 5.41) is 9.50. The Bertz CT molecular complexity index is 537. The average molecular weight is 315 g/mol. The molecule has 8 heteroatoms. The molecular formula is C13H25N5O2S. The highest BCUT2D eigenvalue weighted by Crippen LogP contribution is 2.13. The lowest BCUT2D eigenvalue weighted by Gasteiger charge is -2.20. The van der Waals surface area contributed by atoms with Crippen molar-refractivity contribution in [2.75, 3.05) is 33.2 Å². The van der Waals surface area contributed by atoms with Crippen molar-refractivity contribution in [1.82, 2.24) is 25.1 Å². The molecule has 21 heavy (non-hydrogen) atoms. The molecule has 1 unspecified atom stereocenters. The van der Waals surface area contributed by atoms with Gasteiger partial charge < -0.3 is 10.2 Å². The van der Waals surface area contributed by atoms with Crippen molar-refractivity contribution in [3.8, 4) is 0 Å². The van der Waals surface area contributed by atoms with Crippen LogP contribution in [0.4, 0.5) is 0 Å². The molecular weight excluding hydrogens is 290 g/mol. The van der Waals surface area contributed by atoms with E-state index in [1.165, 1.54) is 12.8 Å². The summed E-state index contributed by atoms with van der Waals surface area (Å²) in [5.74, 6) is 0.286. The van der Waals surface area contributed by atoms with Crippen molar-refractivity contribution < 1.29 is 8.42 Å². The van der Waals surface area contributed by atoms with Crippen LogP contribution in [-0.2, 0) is 16.6 Å². The monoisotopic (exact) mass is 315 g/mol. The second-order valence-corrected chi connectivity index (χ2v) is 7.42. The van der Waals surface area contributed by atoms with E-state index >= 15 is 0 Å². The third kappa shape index (κ3) is 4.50. The molecule has 1 aliphatic heterocycles. The van der Waals surface area contributed by atoms with E-state index in [1.54, 1.807) is 13.2 Å². The lowest BCUT2D eigenvalue weighted by molar-refractivity contribution is 0.288. The Morgan fingerprint density at radius 3 is 2.81 bits per heavy atom. The van der Waals surface area contributed by atoms with E-state index in [9.17, 15) is 8.42 Å². The van der Waals surface area contributed by atoms with Crippen molar-refractivity contribution in [2.45, 2.75) is 31.3 Å². The van der Waals surface area contributed by atoms with Crippen LogP contribution in [0, 0.1) is 5.92 Å². The summed E-state index contributed by atoms with van der Waals surface area (Å²) < 4.78 is 27.3. The minimum absolute atomic E-state index is 0.158. The molecule has 2 rings (SSSR count). The fraction of sp³-hybridized carbons (Fsp3) is 0.769. The van der Waals surface area contributed by atoms with Gasteiger partial charge in [-0.05, 0) is 38.9 Å². The molecule has 7 nitrogen and oxygen atoms in total. The van der Waals surface area contributed by atoms with Gasteiger partial charge in [0.15, 0.2) is 5.03 Å². The van der Waals surface area contributed by atoms with Gasteiger partial charge in [0.1, 0.15) is 0 Å². The van der Waals surface area contributed by atoms with Crippen LogP contribution in [0.3, 0.4) is 0 Å². The lowest BCUT2D eigenvalue weighted by atomic mass is 10.2. The minimum Gasteiger partial charge on any atom is -0.316 e. The van der Waals surface area contributed by atoms with Crippen molar-refractivity contribution in [3.63, 3.8) is 0 Å². The summed E-state index contributed by atoms with van der Waals surface area (Å²) in [6.07, 6.45) is 4.04. The van der Waals surface area contributed by atoms with Crippen LogP contribution in [0.1, 0.15) is 25.3 Å². The molecule has 1 aliphatic rings. The van der Waals surface area contributed by atoms with Gasteiger partial charge in [0, 0.05) is 25.2 Å². The van der Waals surface area contributed by atoms with Crippen LogP contribution in [0.2, 0.25) is 0 Å². The van der Waals surface area contributed by atoms with E-state index in [1.807, 2.05) is 0 Å². The zero-order valence-corrected chi connectivity index (χ0v) is 13.5. The quantitative estimate of drug-likeness (QED) is 0.635. The molecule has 1 fully saturated rings. The van der Waals surface area contributed by atoms with Gasteiger partial charge in [0.25, 0.3) is 10.0 Å². The Morgan fingerprint density at radius 1 is 1.43 bits per heavy atom. The number of aromatic nitrogens is 2. The summed E-state index contributed by atoms with van der Waals surface area (Å²) in [6, 6.07) is 0. The third-order valence-electron chi connectivity index (χ3n) is 3.70. The lowest BCUT2D eigenvalue weighted by Crippen LogP contribution is -2.35. The summed E-state index contributed by atoms with van der Waals surface area (Å²) in [4.78, 5) is 2.39. The first-order valence-corrected chi connectivity index (χ1v) is 8.90. The fourth-order valence-corrected chi connectivity index (χ4v) is 3.93. The van der Waals surface area contributed by atoms with Crippen LogP contribution < -0.4 is 10.0 Å². The number of likely N-dealkylation sites (tertiary alicyclic amines) is 1. The van der Waals surface area contributed by atoms with Gasteiger partial charge >= 0.3 is 0 Å². The van der Waals surface area contributed by atoms with E-state index in [-0.39, 0.29) is 10.9 Å². The fourth-order valence-electron chi connectivity index (χ4n) is 2.64. The Balaban J connectivity index is 1.89. The number of sulfonamides is 1. The molecule has 1 aromatic heterocycles. The van der Waals surface area contributed by atoms with E-state index in [2.05, 4.69) is 32.1 Å². The Kier molecular flexibility index (Phi) is 5.74. The highest BCUT2D eigenvalue weighted by atomic mass is 32.2. The normalized spacial score (nSPS) is 18.2. The van der Waals surface area contributed by atoms with Crippen LogP contribution in [0.15, 0.2) is 11.2 Å². The molecule has 1 saturated heterocycles. The molecule has 1 atom stereocenters. The number of aromatic amines is 1. The van der Waals surface area contributed by atoms with Gasteiger partial charge in [0.2, 0.25) is 0 Å². The van der Waals surface area contributed by atoms with E-state index in [0.717, 1.165) is 19.6 Å². The maximum absolute atomic E-state index is 12.3. The molecule has 2 heterocycles. The number of rotatable bonds is 8. The molecule has 0 radical (unpaired) electrons.